The first-order valence-electron chi connectivity index (χ1n) is 5.67. The van der Waals surface area contributed by atoms with Gasteiger partial charge in [0.1, 0.15) is 0 Å². The van der Waals surface area contributed by atoms with E-state index in [0.717, 1.165) is 18.4 Å². The Morgan fingerprint density at radius 1 is 1.41 bits per heavy atom. The third-order valence-electron chi connectivity index (χ3n) is 2.86. The van der Waals surface area contributed by atoms with Gasteiger partial charge in [0.2, 0.25) is 5.91 Å². The van der Waals surface area contributed by atoms with Crippen LogP contribution in [0.5, 0.6) is 0 Å². The van der Waals surface area contributed by atoms with Gasteiger partial charge in [-0.2, -0.15) is 0 Å². The molecule has 90 valence electrons. The van der Waals surface area contributed by atoms with Gasteiger partial charge in [0.05, 0.1) is 0 Å². The third kappa shape index (κ3) is 2.84. The van der Waals surface area contributed by atoms with Gasteiger partial charge in [0.15, 0.2) is 6.04 Å². The summed E-state index contributed by atoms with van der Waals surface area (Å²) in [6.45, 7) is 1.89. The standard InChI is InChI=1S/C13H15NO3/c1-8-3-2-4-10(7-8)11(13(16)17)14-12(15)9-5-6-9/h2-4,7,9,11H,5-6H2,1H3,(H,14,15)(H,16,17). The molecule has 4 nitrogen and oxygen atoms in total. The van der Waals surface area contributed by atoms with Crippen LogP contribution in [0.1, 0.15) is 30.0 Å². The van der Waals surface area contributed by atoms with Crippen molar-refractivity contribution in [1.29, 1.82) is 0 Å². The van der Waals surface area contributed by atoms with Gasteiger partial charge >= 0.3 is 5.97 Å². The summed E-state index contributed by atoms with van der Waals surface area (Å²) >= 11 is 0. The topological polar surface area (TPSA) is 66.4 Å². The lowest BCUT2D eigenvalue weighted by Crippen LogP contribution is -2.34. The SMILES string of the molecule is Cc1cccc(C(NC(=O)C2CC2)C(=O)O)c1. The highest BCUT2D eigenvalue weighted by molar-refractivity contribution is 5.87. The lowest BCUT2D eigenvalue weighted by Gasteiger charge is -2.15. The quantitative estimate of drug-likeness (QED) is 0.831. The number of nitrogens with one attached hydrogen (secondary N) is 1. The molecule has 1 aromatic carbocycles. The maximum atomic E-state index is 11.6. The van der Waals surface area contributed by atoms with Crippen LogP contribution >= 0.6 is 0 Å². The van der Waals surface area contributed by atoms with Gasteiger partial charge in [-0.25, -0.2) is 4.79 Å². The highest BCUT2D eigenvalue weighted by Gasteiger charge is 2.33. The number of carboxylic acids is 1. The monoisotopic (exact) mass is 233 g/mol. The molecule has 0 saturated heterocycles. The lowest BCUT2D eigenvalue weighted by molar-refractivity contribution is -0.142. The summed E-state index contributed by atoms with van der Waals surface area (Å²) in [5.41, 5.74) is 1.60. The Morgan fingerprint density at radius 2 is 2.12 bits per heavy atom. The molecular formula is C13H15NO3. The van der Waals surface area contributed by atoms with Gasteiger partial charge in [-0.3, -0.25) is 4.79 Å². The van der Waals surface area contributed by atoms with Crippen LogP contribution in [-0.2, 0) is 9.59 Å². The number of amides is 1. The van der Waals surface area contributed by atoms with E-state index in [1.54, 1.807) is 18.2 Å². The van der Waals surface area contributed by atoms with E-state index < -0.39 is 12.0 Å². The molecule has 0 radical (unpaired) electrons. The lowest BCUT2D eigenvalue weighted by atomic mass is 10.0. The molecule has 1 atom stereocenters. The zero-order valence-electron chi connectivity index (χ0n) is 9.64. The van der Waals surface area contributed by atoms with Crippen molar-refractivity contribution in [2.45, 2.75) is 25.8 Å². The predicted molar refractivity (Wildman–Crippen MR) is 62.4 cm³/mol. The Bertz CT molecular complexity index is 452. The summed E-state index contributed by atoms with van der Waals surface area (Å²) < 4.78 is 0. The Hall–Kier alpha value is -1.84. The van der Waals surface area contributed by atoms with E-state index in [4.69, 9.17) is 5.11 Å². The van der Waals surface area contributed by atoms with Crippen LogP contribution in [0, 0.1) is 12.8 Å². The van der Waals surface area contributed by atoms with Crippen LogP contribution in [0.25, 0.3) is 0 Å². The van der Waals surface area contributed by atoms with Crippen molar-refractivity contribution in [2.75, 3.05) is 0 Å². The maximum Gasteiger partial charge on any atom is 0.330 e. The molecule has 4 heteroatoms. The van der Waals surface area contributed by atoms with Gasteiger partial charge < -0.3 is 10.4 Å². The highest BCUT2D eigenvalue weighted by atomic mass is 16.4. The van der Waals surface area contributed by atoms with E-state index in [0.29, 0.717) is 5.56 Å². The first kappa shape index (κ1) is 11.6. The van der Waals surface area contributed by atoms with Crippen molar-refractivity contribution in [1.82, 2.24) is 5.32 Å². The van der Waals surface area contributed by atoms with Crippen LogP contribution in [0.2, 0.25) is 0 Å². The molecule has 1 saturated carbocycles. The molecular weight excluding hydrogens is 218 g/mol. The highest BCUT2D eigenvalue weighted by Crippen LogP contribution is 2.29. The van der Waals surface area contributed by atoms with E-state index in [1.807, 2.05) is 13.0 Å². The smallest absolute Gasteiger partial charge is 0.330 e. The molecule has 0 aliphatic heterocycles. The molecule has 0 spiro atoms. The van der Waals surface area contributed by atoms with E-state index in [2.05, 4.69) is 5.32 Å². The zero-order chi connectivity index (χ0) is 12.4. The van der Waals surface area contributed by atoms with Gasteiger partial charge in [-0.1, -0.05) is 29.8 Å². The van der Waals surface area contributed by atoms with E-state index in [1.165, 1.54) is 0 Å². The Labute approximate surface area is 99.6 Å². The fourth-order valence-electron chi connectivity index (χ4n) is 1.74. The largest absolute Gasteiger partial charge is 0.479 e. The number of carboxylic acid groups (broad SMARTS) is 1. The molecule has 1 aliphatic carbocycles. The number of carbonyl (C=O) groups is 2. The second-order valence-corrected chi connectivity index (χ2v) is 4.47. The van der Waals surface area contributed by atoms with Crippen molar-refractivity contribution >= 4 is 11.9 Å². The number of benzene rings is 1. The van der Waals surface area contributed by atoms with Gasteiger partial charge in [0, 0.05) is 5.92 Å². The van der Waals surface area contributed by atoms with Crippen LogP contribution in [-0.4, -0.2) is 17.0 Å². The number of hydrogen-bond donors (Lipinski definition) is 2. The Morgan fingerprint density at radius 3 is 2.65 bits per heavy atom. The number of carbonyl (C=O) groups excluding carboxylic acids is 1. The van der Waals surface area contributed by atoms with Crippen molar-refractivity contribution in [3.05, 3.63) is 35.4 Å². The summed E-state index contributed by atoms with van der Waals surface area (Å²) in [4.78, 5) is 22.8. The minimum Gasteiger partial charge on any atom is -0.479 e. The van der Waals surface area contributed by atoms with Crippen LogP contribution in [0.3, 0.4) is 0 Å². The molecule has 1 unspecified atom stereocenters. The zero-order valence-corrected chi connectivity index (χ0v) is 9.64. The average Bonchev–Trinajstić information content (AvgIpc) is 3.08. The first-order chi connectivity index (χ1) is 8.08. The van der Waals surface area contributed by atoms with Crippen LogP contribution in [0.15, 0.2) is 24.3 Å². The van der Waals surface area contributed by atoms with Crippen molar-refractivity contribution in [2.24, 2.45) is 5.92 Å². The second-order valence-electron chi connectivity index (χ2n) is 4.47. The molecule has 0 heterocycles. The summed E-state index contributed by atoms with van der Waals surface area (Å²) in [6, 6.07) is 6.25. The number of aryl methyl sites for hydroxylation is 1. The molecule has 0 aromatic heterocycles. The number of aliphatic carboxylic acids is 1. The van der Waals surface area contributed by atoms with Crippen LogP contribution < -0.4 is 5.32 Å². The molecule has 1 amide bonds. The van der Waals surface area contributed by atoms with Crippen molar-refractivity contribution in [3.63, 3.8) is 0 Å². The predicted octanol–water partition coefficient (Wildman–Crippen LogP) is 1.65. The molecule has 1 fully saturated rings. The fourth-order valence-corrected chi connectivity index (χ4v) is 1.74. The Balaban J connectivity index is 2.16. The summed E-state index contributed by atoms with van der Waals surface area (Å²) in [7, 11) is 0. The summed E-state index contributed by atoms with van der Waals surface area (Å²) in [6.07, 6.45) is 1.73. The molecule has 17 heavy (non-hydrogen) atoms. The fraction of sp³-hybridized carbons (Fsp3) is 0.385. The molecule has 0 bridgehead atoms. The minimum atomic E-state index is -1.02. The van der Waals surface area contributed by atoms with Gasteiger partial charge in [-0.05, 0) is 25.3 Å². The molecule has 1 aliphatic rings. The Kier molecular flexibility index (Phi) is 3.13. The summed E-state index contributed by atoms with van der Waals surface area (Å²) in [5, 5.41) is 11.7. The van der Waals surface area contributed by atoms with E-state index >= 15 is 0 Å². The molecule has 2 N–H and O–H groups in total. The second kappa shape index (κ2) is 4.57. The molecule has 1 aromatic rings. The van der Waals surface area contributed by atoms with Crippen LogP contribution in [0.4, 0.5) is 0 Å². The summed E-state index contributed by atoms with van der Waals surface area (Å²) in [5.74, 6) is -1.16. The normalized spacial score (nSPS) is 16.3. The first-order valence-corrected chi connectivity index (χ1v) is 5.67. The number of rotatable bonds is 4. The minimum absolute atomic E-state index is 0.0154. The van der Waals surface area contributed by atoms with E-state index in [9.17, 15) is 9.59 Å². The third-order valence-corrected chi connectivity index (χ3v) is 2.86. The van der Waals surface area contributed by atoms with Gasteiger partial charge in [0.25, 0.3) is 0 Å². The number of hydrogen-bond acceptors (Lipinski definition) is 2. The van der Waals surface area contributed by atoms with Gasteiger partial charge in [-0.15, -0.1) is 0 Å². The van der Waals surface area contributed by atoms with Crippen molar-refractivity contribution < 1.29 is 14.7 Å². The maximum absolute atomic E-state index is 11.6. The molecule has 2 rings (SSSR count). The average molecular weight is 233 g/mol. The van der Waals surface area contributed by atoms with Crippen molar-refractivity contribution in [3.8, 4) is 0 Å². The van der Waals surface area contributed by atoms with E-state index in [-0.39, 0.29) is 11.8 Å².